The van der Waals surface area contributed by atoms with Crippen molar-refractivity contribution in [2.75, 3.05) is 18.4 Å². The van der Waals surface area contributed by atoms with Crippen LogP contribution in [0.3, 0.4) is 0 Å². The molecular formula is C24H26FN7O3. The first-order chi connectivity index (χ1) is 16.7. The van der Waals surface area contributed by atoms with Crippen molar-refractivity contribution >= 4 is 34.2 Å². The minimum absolute atomic E-state index is 0.0528. The fourth-order valence-corrected chi connectivity index (χ4v) is 4.16. The summed E-state index contributed by atoms with van der Waals surface area (Å²) < 4.78 is 23.6. The highest BCUT2D eigenvalue weighted by Gasteiger charge is 2.28. The third kappa shape index (κ3) is 4.66. The lowest BCUT2D eigenvalue weighted by Crippen LogP contribution is -2.42. The molecule has 1 aliphatic rings. The topological polar surface area (TPSA) is 107 Å². The molecule has 0 unspecified atom stereocenters. The third-order valence-electron chi connectivity index (χ3n) is 5.87. The second-order valence-corrected chi connectivity index (χ2v) is 9.60. The second kappa shape index (κ2) is 8.64. The fraction of sp³-hybridized carbons (Fsp3) is 0.375. The van der Waals surface area contributed by atoms with Crippen LogP contribution >= 0.6 is 0 Å². The molecular weight excluding hydrogens is 453 g/mol. The molecule has 1 fully saturated rings. The molecule has 11 heteroatoms. The number of hydrogen-bond donors (Lipinski definition) is 1. The Kier molecular flexibility index (Phi) is 5.62. The molecule has 0 aliphatic carbocycles. The number of amides is 2. The van der Waals surface area contributed by atoms with Gasteiger partial charge in [0.25, 0.3) is 5.91 Å². The van der Waals surface area contributed by atoms with Crippen molar-refractivity contribution in [3.8, 4) is 0 Å². The summed E-state index contributed by atoms with van der Waals surface area (Å²) in [6.45, 7) is 6.64. The number of halogens is 1. The van der Waals surface area contributed by atoms with E-state index >= 15 is 0 Å². The normalized spacial score (nSPS) is 15.0. The van der Waals surface area contributed by atoms with E-state index in [-0.39, 0.29) is 23.4 Å². The van der Waals surface area contributed by atoms with E-state index in [4.69, 9.17) is 4.74 Å². The molecule has 4 heterocycles. The Balaban J connectivity index is 1.30. The highest BCUT2D eigenvalue weighted by atomic mass is 19.1. The molecule has 3 aromatic heterocycles. The molecule has 5 rings (SSSR count). The molecule has 1 saturated heterocycles. The van der Waals surface area contributed by atoms with Crippen molar-refractivity contribution in [1.29, 1.82) is 0 Å². The maximum Gasteiger partial charge on any atom is 0.410 e. The van der Waals surface area contributed by atoms with Gasteiger partial charge in [0, 0.05) is 43.1 Å². The standard InChI is InChI=1S/C24H26FN7O3/c1-24(2,3)35-23(34)30-9-5-16(6-10-30)32-14-15-11-20(18(25)12-19(15)29-32)28-22(33)17-13-27-31-8-4-7-26-21(17)31/h4,7-8,11-14,16H,5-6,9-10H2,1-3H3,(H,28,33). The number of benzene rings is 1. The van der Waals surface area contributed by atoms with Crippen LogP contribution in [0.4, 0.5) is 14.9 Å². The molecule has 1 aromatic carbocycles. The zero-order valence-electron chi connectivity index (χ0n) is 19.7. The predicted octanol–water partition coefficient (Wildman–Crippen LogP) is 4.04. The minimum Gasteiger partial charge on any atom is -0.444 e. The summed E-state index contributed by atoms with van der Waals surface area (Å²) in [7, 11) is 0. The highest BCUT2D eigenvalue weighted by Crippen LogP contribution is 2.28. The Bertz CT molecular complexity index is 1410. The molecule has 1 aliphatic heterocycles. The van der Waals surface area contributed by atoms with Crippen molar-refractivity contribution in [2.24, 2.45) is 0 Å². The van der Waals surface area contributed by atoms with E-state index in [9.17, 15) is 14.0 Å². The molecule has 2 amide bonds. The molecule has 4 aromatic rings. The van der Waals surface area contributed by atoms with E-state index in [1.807, 2.05) is 31.6 Å². The Hall–Kier alpha value is -4.02. The van der Waals surface area contributed by atoms with Crippen LogP contribution in [-0.2, 0) is 4.74 Å². The number of carbonyl (C=O) groups excluding carboxylic acids is 2. The van der Waals surface area contributed by atoms with Gasteiger partial charge in [0.1, 0.15) is 17.0 Å². The van der Waals surface area contributed by atoms with Crippen LogP contribution in [0.15, 0.2) is 43.0 Å². The van der Waals surface area contributed by atoms with E-state index in [2.05, 4.69) is 20.5 Å². The van der Waals surface area contributed by atoms with Gasteiger partial charge in [-0.3, -0.25) is 9.48 Å². The molecule has 0 saturated carbocycles. The van der Waals surface area contributed by atoms with Gasteiger partial charge in [-0.15, -0.1) is 0 Å². The predicted molar refractivity (Wildman–Crippen MR) is 127 cm³/mol. The number of ether oxygens (including phenoxy) is 1. The van der Waals surface area contributed by atoms with Gasteiger partial charge in [-0.1, -0.05) is 0 Å². The number of piperidine rings is 1. The molecule has 35 heavy (non-hydrogen) atoms. The number of nitrogens with zero attached hydrogens (tertiary/aromatic N) is 6. The molecule has 0 bridgehead atoms. The van der Waals surface area contributed by atoms with E-state index in [0.717, 1.165) is 0 Å². The Morgan fingerprint density at radius 1 is 1.20 bits per heavy atom. The Morgan fingerprint density at radius 2 is 1.97 bits per heavy atom. The zero-order valence-corrected chi connectivity index (χ0v) is 19.7. The van der Waals surface area contributed by atoms with Gasteiger partial charge in [-0.05, 0) is 45.7 Å². The maximum absolute atomic E-state index is 14.8. The number of hydrogen-bond acceptors (Lipinski definition) is 6. The number of aromatic nitrogens is 5. The highest BCUT2D eigenvalue weighted by molar-refractivity contribution is 6.08. The van der Waals surface area contributed by atoms with Gasteiger partial charge >= 0.3 is 6.09 Å². The third-order valence-corrected chi connectivity index (χ3v) is 5.87. The number of anilines is 1. The Labute approximate surface area is 200 Å². The monoisotopic (exact) mass is 479 g/mol. The van der Waals surface area contributed by atoms with Crippen LogP contribution in [0, 0.1) is 5.82 Å². The summed E-state index contributed by atoms with van der Waals surface area (Å²) in [4.78, 5) is 30.9. The summed E-state index contributed by atoms with van der Waals surface area (Å²) >= 11 is 0. The first-order valence-corrected chi connectivity index (χ1v) is 11.4. The average molecular weight is 480 g/mol. The molecule has 0 atom stereocenters. The van der Waals surface area contributed by atoms with Gasteiger partial charge in [0.2, 0.25) is 0 Å². The summed E-state index contributed by atoms with van der Waals surface area (Å²) in [6.07, 6.45) is 7.59. The van der Waals surface area contributed by atoms with E-state index in [1.165, 1.54) is 16.8 Å². The van der Waals surface area contributed by atoms with Crippen molar-refractivity contribution in [3.63, 3.8) is 0 Å². The van der Waals surface area contributed by atoms with Gasteiger partial charge < -0.3 is 15.0 Å². The summed E-state index contributed by atoms with van der Waals surface area (Å²) in [5, 5.41) is 12.0. The molecule has 0 radical (unpaired) electrons. The minimum atomic E-state index is -0.583. The Morgan fingerprint density at radius 3 is 2.71 bits per heavy atom. The fourth-order valence-electron chi connectivity index (χ4n) is 4.16. The number of likely N-dealkylation sites (tertiary alicyclic amines) is 1. The average Bonchev–Trinajstić information content (AvgIpc) is 3.42. The van der Waals surface area contributed by atoms with Crippen LogP contribution in [0.1, 0.15) is 50.0 Å². The number of rotatable bonds is 3. The maximum atomic E-state index is 14.8. The van der Waals surface area contributed by atoms with Crippen LogP contribution in [-0.4, -0.2) is 60.0 Å². The smallest absolute Gasteiger partial charge is 0.410 e. The largest absolute Gasteiger partial charge is 0.444 e. The first-order valence-electron chi connectivity index (χ1n) is 11.4. The van der Waals surface area contributed by atoms with E-state index in [1.54, 1.807) is 29.4 Å². The molecule has 1 N–H and O–H groups in total. The molecule has 0 spiro atoms. The van der Waals surface area contributed by atoms with Crippen molar-refractivity contribution in [2.45, 2.75) is 45.3 Å². The lowest BCUT2D eigenvalue weighted by atomic mass is 10.1. The van der Waals surface area contributed by atoms with Gasteiger partial charge in [-0.25, -0.2) is 18.7 Å². The van der Waals surface area contributed by atoms with Crippen LogP contribution in [0.25, 0.3) is 16.6 Å². The van der Waals surface area contributed by atoms with Crippen molar-refractivity contribution < 1.29 is 18.7 Å². The van der Waals surface area contributed by atoms with Gasteiger partial charge in [0.15, 0.2) is 5.65 Å². The number of carbonyl (C=O) groups is 2. The SMILES string of the molecule is CC(C)(C)OC(=O)N1CCC(n2cc3cc(NC(=O)c4cnn5cccnc45)c(F)cc3n2)CC1. The number of nitrogens with one attached hydrogen (secondary N) is 1. The van der Waals surface area contributed by atoms with E-state index in [0.29, 0.717) is 42.5 Å². The van der Waals surface area contributed by atoms with Crippen molar-refractivity contribution in [1.82, 2.24) is 29.3 Å². The first kappa shape index (κ1) is 22.8. The van der Waals surface area contributed by atoms with Crippen LogP contribution in [0.5, 0.6) is 0 Å². The zero-order chi connectivity index (χ0) is 24.7. The molecule has 10 nitrogen and oxygen atoms in total. The lowest BCUT2D eigenvalue weighted by molar-refractivity contribution is 0.0185. The van der Waals surface area contributed by atoms with Crippen LogP contribution in [0.2, 0.25) is 0 Å². The summed E-state index contributed by atoms with van der Waals surface area (Å²) in [6, 6.07) is 4.66. The quantitative estimate of drug-likeness (QED) is 0.475. The summed E-state index contributed by atoms with van der Waals surface area (Å²) in [5.41, 5.74) is 0.645. The van der Waals surface area contributed by atoms with E-state index < -0.39 is 17.3 Å². The number of fused-ring (bicyclic) bond motifs is 2. The summed E-state index contributed by atoms with van der Waals surface area (Å²) in [5.74, 6) is -1.08. The second-order valence-electron chi connectivity index (χ2n) is 9.60. The van der Waals surface area contributed by atoms with Crippen molar-refractivity contribution in [3.05, 3.63) is 54.4 Å². The lowest BCUT2D eigenvalue weighted by Gasteiger charge is -2.33. The van der Waals surface area contributed by atoms with Gasteiger partial charge in [0.05, 0.1) is 23.4 Å². The van der Waals surface area contributed by atoms with Crippen LogP contribution < -0.4 is 5.32 Å². The molecule has 182 valence electrons. The van der Waals surface area contributed by atoms with Gasteiger partial charge in [-0.2, -0.15) is 10.2 Å².